The van der Waals surface area contributed by atoms with E-state index >= 15 is 0 Å². The second kappa shape index (κ2) is 8.16. The molecule has 3 aliphatic carbocycles. The van der Waals surface area contributed by atoms with Crippen molar-refractivity contribution in [3.8, 4) is 0 Å². The molecule has 2 N–H and O–H groups in total. The zero-order valence-corrected chi connectivity index (χ0v) is 14.3. The lowest BCUT2D eigenvalue weighted by molar-refractivity contribution is -0.128. The van der Waals surface area contributed by atoms with Gasteiger partial charge in [-0.2, -0.15) is 0 Å². The van der Waals surface area contributed by atoms with Gasteiger partial charge in [0, 0.05) is 12.1 Å². The molecule has 0 aromatic rings. The van der Waals surface area contributed by atoms with Crippen molar-refractivity contribution in [2.45, 2.75) is 95.6 Å². The van der Waals surface area contributed by atoms with E-state index in [0.29, 0.717) is 12.1 Å². The number of rotatable bonds is 4. The summed E-state index contributed by atoms with van der Waals surface area (Å²) in [6.45, 7) is 0. The highest BCUT2D eigenvalue weighted by Crippen LogP contribution is 2.39. The zero-order chi connectivity index (χ0) is 16.1. The van der Waals surface area contributed by atoms with Crippen molar-refractivity contribution in [1.29, 1.82) is 0 Å². The lowest BCUT2D eigenvalue weighted by Gasteiger charge is -2.17. The van der Waals surface area contributed by atoms with Gasteiger partial charge >= 0.3 is 0 Å². The Hall–Kier alpha value is -1.06. The fraction of sp³-hybridized carbons (Fsp3) is 0.895. The number of hydrogen-bond acceptors (Lipinski definition) is 2. The van der Waals surface area contributed by atoms with Crippen LogP contribution in [0, 0.1) is 11.8 Å². The average molecular weight is 320 g/mol. The molecule has 2 atom stereocenters. The summed E-state index contributed by atoms with van der Waals surface area (Å²) in [5, 5.41) is 6.40. The number of hydrogen-bond donors (Lipinski definition) is 2. The number of carbonyl (C=O) groups excluding carboxylic acids is 2. The molecule has 4 heteroatoms. The maximum absolute atomic E-state index is 12.4. The van der Waals surface area contributed by atoms with Gasteiger partial charge in [0.05, 0.1) is 11.8 Å². The summed E-state index contributed by atoms with van der Waals surface area (Å²) in [5.41, 5.74) is 0. The van der Waals surface area contributed by atoms with E-state index in [1.165, 1.54) is 51.4 Å². The smallest absolute Gasteiger partial charge is 0.224 e. The first-order valence-corrected chi connectivity index (χ1v) is 9.85. The van der Waals surface area contributed by atoms with Crippen molar-refractivity contribution in [2.75, 3.05) is 0 Å². The van der Waals surface area contributed by atoms with Crippen LogP contribution in [0.1, 0.15) is 83.5 Å². The van der Waals surface area contributed by atoms with E-state index in [1.807, 2.05) is 0 Å². The third kappa shape index (κ3) is 4.95. The molecule has 0 aliphatic heterocycles. The molecule has 0 aromatic heterocycles. The van der Waals surface area contributed by atoms with Gasteiger partial charge in [0.1, 0.15) is 0 Å². The van der Waals surface area contributed by atoms with Crippen molar-refractivity contribution < 1.29 is 9.59 Å². The predicted molar refractivity (Wildman–Crippen MR) is 90.9 cm³/mol. The van der Waals surface area contributed by atoms with E-state index in [2.05, 4.69) is 10.6 Å². The Balaban J connectivity index is 1.40. The summed E-state index contributed by atoms with van der Waals surface area (Å²) in [6, 6.07) is 0.687. The predicted octanol–water partition coefficient (Wildman–Crippen LogP) is 3.30. The quantitative estimate of drug-likeness (QED) is 0.781. The van der Waals surface area contributed by atoms with Gasteiger partial charge in [0.25, 0.3) is 0 Å². The summed E-state index contributed by atoms with van der Waals surface area (Å²) in [7, 11) is 0. The van der Waals surface area contributed by atoms with Crippen molar-refractivity contribution in [2.24, 2.45) is 11.8 Å². The van der Waals surface area contributed by atoms with Crippen LogP contribution in [-0.2, 0) is 9.59 Å². The van der Waals surface area contributed by atoms with Crippen LogP contribution >= 0.6 is 0 Å². The minimum absolute atomic E-state index is 0.0657. The molecular weight excluding hydrogens is 288 g/mol. The molecule has 0 bridgehead atoms. The Labute approximate surface area is 140 Å². The third-order valence-electron chi connectivity index (χ3n) is 5.87. The minimum atomic E-state index is -0.0657. The summed E-state index contributed by atoms with van der Waals surface area (Å²) in [4.78, 5) is 24.7. The van der Waals surface area contributed by atoms with Crippen LogP contribution in [0.5, 0.6) is 0 Å². The Bertz CT molecular complexity index is 370. The van der Waals surface area contributed by atoms with Crippen molar-refractivity contribution >= 4 is 11.8 Å². The molecule has 3 saturated carbocycles. The summed E-state index contributed by atoms with van der Waals surface area (Å²) in [6.07, 6.45) is 15.3. The second-order valence-corrected chi connectivity index (χ2v) is 7.84. The maximum Gasteiger partial charge on any atom is 0.224 e. The Morgan fingerprint density at radius 3 is 1.26 bits per heavy atom. The van der Waals surface area contributed by atoms with Crippen LogP contribution in [0.3, 0.4) is 0 Å². The van der Waals surface area contributed by atoms with E-state index in [4.69, 9.17) is 0 Å². The van der Waals surface area contributed by atoms with Crippen LogP contribution in [0.25, 0.3) is 0 Å². The van der Waals surface area contributed by atoms with Gasteiger partial charge in [0.2, 0.25) is 11.8 Å². The first-order valence-electron chi connectivity index (χ1n) is 9.85. The summed E-state index contributed by atoms with van der Waals surface area (Å²) >= 11 is 0. The first-order chi connectivity index (χ1) is 11.2. The van der Waals surface area contributed by atoms with Crippen LogP contribution in [0.15, 0.2) is 0 Å². The molecule has 2 unspecified atom stereocenters. The monoisotopic (exact) mass is 320 g/mol. The van der Waals surface area contributed by atoms with Gasteiger partial charge in [-0.1, -0.05) is 51.4 Å². The maximum atomic E-state index is 12.4. The number of carbonyl (C=O) groups is 2. The largest absolute Gasteiger partial charge is 0.353 e. The van der Waals surface area contributed by atoms with Gasteiger partial charge in [0.15, 0.2) is 0 Å². The molecule has 3 rings (SSSR count). The molecule has 2 amide bonds. The Kier molecular flexibility index (Phi) is 5.96. The van der Waals surface area contributed by atoms with Gasteiger partial charge in [-0.25, -0.2) is 0 Å². The molecular formula is C19H32N2O2. The Morgan fingerprint density at radius 2 is 0.913 bits per heavy atom. The number of nitrogens with one attached hydrogen (secondary N) is 2. The highest BCUT2D eigenvalue weighted by Gasteiger charge is 2.48. The van der Waals surface area contributed by atoms with E-state index < -0.39 is 0 Å². The van der Waals surface area contributed by atoms with E-state index in [-0.39, 0.29) is 23.7 Å². The molecule has 4 nitrogen and oxygen atoms in total. The average Bonchev–Trinajstić information content (AvgIpc) is 3.35. The van der Waals surface area contributed by atoms with Crippen LogP contribution in [0.4, 0.5) is 0 Å². The topological polar surface area (TPSA) is 58.2 Å². The fourth-order valence-electron chi connectivity index (χ4n) is 4.24. The molecule has 0 radical (unpaired) electrons. The van der Waals surface area contributed by atoms with Gasteiger partial charge < -0.3 is 10.6 Å². The van der Waals surface area contributed by atoms with Crippen LogP contribution < -0.4 is 10.6 Å². The summed E-state index contributed by atoms with van der Waals surface area (Å²) < 4.78 is 0. The van der Waals surface area contributed by atoms with Crippen molar-refractivity contribution in [1.82, 2.24) is 10.6 Å². The highest BCUT2D eigenvalue weighted by atomic mass is 16.2. The third-order valence-corrected chi connectivity index (χ3v) is 5.87. The molecule has 23 heavy (non-hydrogen) atoms. The molecule has 0 heterocycles. The van der Waals surface area contributed by atoms with Gasteiger partial charge in [-0.3, -0.25) is 9.59 Å². The van der Waals surface area contributed by atoms with Crippen LogP contribution in [0.2, 0.25) is 0 Å². The zero-order valence-electron chi connectivity index (χ0n) is 14.3. The molecule has 3 aliphatic rings. The fourth-order valence-corrected chi connectivity index (χ4v) is 4.24. The molecule has 0 saturated heterocycles. The first kappa shape index (κ1) is 16.8. The van der Waals surface area contributed by atoms with E-state index in [0.717, 1.165) is 32.1 Å². The lowest BCUT2D eigenvalue weighted by Crippen LogP contribution is -2.39. The van der Waals surface area contributed by atoms with Crippen LogP contribution in [-0.4, -0.2) is 23.9 Å². The SMILES string of the molecule is O=C(NC1CCCCCC1)C1CC1C(=O)NC1CCCCCC1. The normalized spacial score (nSPS) is 30.1. The number of amides is 2. The standard InChI is InChI=1S/C19H32N2O2/c22-18(20-14-9-5-1-2-6-10-14)16-13-17(16)19(23)21-15-11-7-3-4-8-12-15/h14-17H,1-13H2,(H,20,22)(H,21,23). The molecule has 130 valence electrons. The van der Waals surface area contributed by atoms with Gasteiger partial charge in [-0.15, -0.1) is 0 Å². The molecule has 0 spiro atoms. The van der Waals surface area contributed by atoms with E-state index in [1.54, 1.807) is 0 Å². The molecule has 0 aromatic carbocycles. The van der Waals surface area contributed by atoms with Crippen molar-refractivity contribution in [3.05, 3.63) is 0 Å². The second-order valence-electron chi connectivity index (χ2n) is 7.84. The lowest BCUT2D eigenvalue weighted by atomic mass is 10.1. The Morgan fingerprint density at radius 1 is 0.565 bits per heavy atom. The van der Waals surface area contributed by atoms with E-state index in [9.17, 15) is 9.59 Å². The molecule has 3 fully saturated rings. The highest BCUT2D eigenvalue weighted by molar-refractivity contribution is 5.92. The van der Waals surface area contributed by atoms with Crippen molar-refractivity contribution in [3.63, 3.8) is 0 Å². The summed E-state index contributed by atoms with van der Waals surface area (Å²) in [5.74, 6) is 0.115. The minimum Gasteiger partial charge on any atom is -0.353 e. The van der Waals surface area contributed by atoms with Gasteiger partial charge in [-0.05, 0) is 32.1 Å².